The van der Waals surface area contributed by atoms with Crippen LogP contribution in [0.2, 0.25) is 0 Å². The van der Waals surface area contributed by atoms with E-state index in [9.17, 15) is 14.8 Å². The van der Waals surface area contributed by atoms with E-state index in [0.29, 0.717) is 31.1 Å². The Kier molecular flexibility index (Phi) is 7.52. The molecule has 0 saturated carbocycles. The maximum atomic E-state index is 12.9. The van der Waals surface area contributed by atoms with Crippen LogP contribution in [0.4, 0.5) is 0 Å². The summed E-state index contributed by atoms with van der Waals surface area (Å²) < 4.78 is 2.23. The lowest BCUT2D eigenvalue weighted by Gasteiger charge is -2.24. The minimum Gasteiger partial charge on any atom is -0.347 e. The SMILES string of the molecule is CC(C)CN(O)C(=O)[C@H]1CNC[C@H]1NC(=O)c1ccc(Cn2c(C(C)C)nc3ccccc32)cc1. The first-order valence-corrected chi connectivity index (χ1v) is 12.3. The fourth-order valence-corrected chi connectivity index (χ4v) is 4.61. The quantitative estimate of drug-likeness (QED) is 0.341. The van der Waals surface area contributed by atoms with Gasteiger partial charge in [-0.05, 0) is 35.7 Å². The Morgan fingerprint density at radius 2 is 1.83 bits per heavy atom. The lowest BCUT2D eigenvalue weighted by molar-refractivity contribution is -0.172. The van der Waals surface area contributed by atoms with Gasteiger partial charge in [-0.25, -0.2) is 10.0 Å². The van der Waals surface area contributed by atoms with Crippen molar-refractivity contribution in [2.75, 3.05) is 19.6 Å². The van der Waals surface area contributed by atoms with E-state index in [2.05, 4.69) is 35.1 Å². The molecule has 186 valence electrons. The summed E-state index contributed by atoms with van der Waals surface area (Å²) in [6, 6.07) is 15.3. The second kappa shape index (κ2) is 10.6. The van der Waals surface area contributed by atoms with Gasteiger partial charge in [0.15, 0.2) is 0 Å². The van der Waals surface area contributed by atoms with Crippen molar-refractivity contribution >= 4 is 22.8 Å². The van der Waals surface area contributed by atoms with Gasteiger partial charge in [-0.1, -0.05) is 52.0 Å². The summed E-state index contributed by atoms with van der Waals surface area (Å²) in [5, 5.41) is 17.0. The molecule has 2 heterocycles. The van der Waals surface area contributed by atoms with Gasteiger partial charge in [0.1, 0.15) is 5.82 Å². The molecule has 3 N–H and O–H groups in total. The predicted octanol–water partition coefficient (Wildman–Crippen LogP) is 3.40. The lowest BCUT2D eigenvalue weighted by Crippen LogP contribution is -2.47. The number of hydroxylamine groups is 2. The van der Waals surface area contributed by atoms with Crippen molar-refractivity contribution in [2.45, 2.75) is 46.2 Å². The Balaban J connectivity index is 1.44. The highest BCUT2D eigenvalue weighted by molar-refractivity contribution is 5.95. The van der Waals surface area contributed by atoms with Crippen LogP contribution in [0.1, 0.15) is 55.4 Å². The number of carbonyl (C=O) groups excluding carboxylic acids is 2. The van der Waals surface area contributed by atoms with Crippen LogP contribution >= 0.6 is 0 Å². The van der Waals surface area contributed by atoms with Gasteiger partial charge in [-0.2, -0.15) is 0 Å². The number of rotatable bonds is 8. The van der Waals surface area contributed by atoms with Crippen LogP contribution in [-0.4, -0.2) is 57.3 Å². The fourth-order valence-electron chi connectivity index (χ4n) is 4.61. The van der Waals surface area contributed by atoms with E-state index in [1.54, 1.807) is 0 Å². The average molecular weight is 478 g/mol. The Labute approximate surface area is 206 Å². The topological polar surface area (TPSA) is 99.5 Å². The average Bonchev–Trinajstić information content (AvgIpc) is 3.43. The molecule has 0 spiro atoms. The summed E-state index contributed by atoms with van der Waals surface area (Å²) in [5.74, 6) is 0.393. The molecule has 0 unspecified atom stereocenters. The predicted molar refractivity (Wildman–Crippen MR) is 135 cm³/mol. The summed E-state index contributed by atoms with van der Waals surface area (Å²) >= 11 is 0. The number of imidazole rings is 1. The molecule has 1 aliphatic rings. The van der Waals surface area contributed by atoms with E-state index in [1.165, 1.54) is 0 Å². The number of nitrogens with one attached hydrogen (secondary N) is 2. The van der Waals surface area contributed by atoms with Gasteiger partial charge in [-0.15, -0.1) is 0 Å². The van der Waals surface area contributed by atoms with Gasteiger partial charge < -0.3 is 15.2 Å². The molecule has 1 aromatic heterocycles. The Hall–Kier alpha value is -3.23. The molecule has 3 aromatic rings. The first-order chi connectivity index (χ1) is 16.7. The van der Waals surface area contributed by atoms with Crippen LogP contribution in [0.25, 0.3) is 11.0 Å². The molecule has 8 nitrogen and oxygen atoms in total. The molecule has 8 heteroatoms. The van der Waals surface area contributed by atoms with Crippen molar-refractivity contribution in [3.8, 4) is 0 Å². The van der Waals surface area contributed by atoms with E-state index >= 15 is 0 Å². The zero-order valence-electron chi connectivity index (χ0n) is 20.9. The summed E-state index contributed by atoms with van der Waals surface area (Å²) in [6.07, 6.45) is 0. The first kappa shape index (κ1) is 24.9. The number of hydrogen-bond donors (Lipinski definition) is 3. The van der Waals surface area contributed by atoms with E-state index in [4.69, 9.17) is 4.98 Å². The van der Waals surface area contributed by atoms with Gasteiger partial charge in [-0.3, -0.25) is 14.8 Å². The van der Waals surface area contributed by atoms with E-state index < -0.39 is 5.92 Å². The fraction of sp³-hybridized carbons (Fsp3) is 0.444. The summed E-state index contributed by atoms with van der Waals surface area (Å²) in [6.45, 7) is 10.00. The molecule has 0 aliphatic carbocycles. The second-order valence-corrected chi connectivity index (χ2v) is 10.1. The molecular formula is C27H35N5O3. The minimum absolute atomic E-state index is 0.154. The molecule has 2 aromatic carbocycles. The van der Waals surface area contributed by atoms with Crippen LogP contribution in [0.5, 0.6) is 0 Å². The largest absolute Gasteiger partial charge is 0.347 e. The van der Waals surface area contributed by atoms with Gasteiger partial charge in [0, 0.05) is 31.1 Å². The van der Waals surface area contributed by atoms with E-state index in [1.807, 2.05) is 56.3 Å². The van der Waals surface area contributed by atoms with Crippen LogP contribution in [-0.2, 0) is 11.3 Å². The second-order valence-electron chi connectivity index (χ2n) is 10.1. The molecular weight excluding hydrogens is 442 g/mol. The van der Waals surface area contributed by atoms with Crippen LogP contribution < -0.4 is 10.6 Å². The number of aromatic nitrogens is 2. The van der Waals surface area contributed by atoms with Crippen LogP contribution in [0, 0.1) is 11.8 Å². The standard InChI is InChI=1S/C27H35N5O3/c1-17(2)15-32(35)27(34)21-13-28-14-23(21)30-26(33)20-11-9-19(10-12-20)16-31-24-8-6-5-7-22(24)29-25(31)18(3)4/h5-12,17-18,21,23,28,35H,13-16H2,1-4H3,(H,30,33)/t21-,23+/m0/s1. The van der Waals surface area contributed by atoms with Gasteiger partial charge in [0.05, 0.1) is 29.5 Å². The molecule has 1 saturated heterocycles. The zero-order valence-corrected chi connectivity index (χ0v) is 20.9. The summed E-state index contributed by atoms with van der Waals surface area (Å²) in [4.78, 5) is 30.4. The molecule has 0 bridgehead atoms. The Bertz CT molecular complexity index is 1190. The molecule has 0 radical (unpaired) electrons. The first-order valence-electron chi connectivity index (χ1n) is 12.3. The minimum atomic E-state index is -0.494. The van der Waals surface area contributed by atoms with E-state index in [0.717, 1.165) is 27.5 Å². The highest BCUT2D eigenvalue weighted by Crippen LogP contribution is 2.23. The van der Waals surface area contributed by atoms with Crippen molar-refractivity contribution in [1.29, 1.82) is 0 Å². The highest BCUT2D eigenvalue weighted by Gasteiger charge is 2.36. The molecule has 35 heavy (non-hydrogen) atoms. The number of para-hydroxylation sites is 2. The lowest BCUT2D eigenvalue weighted by atomic mass is 10.0. The normalized spacial score (nSPS) is 17.9. The van der Waals surface area contributed by atoms with Crippen molar-refractivity contribution < 1.29 is 14.8 Å². The number of benzene rings is 2. The van der Waals surface area contributed by atoms with Gasteiger partial charge in [0.2, 0.25) is 0 Å². The number of hydrogen-bond acceptors (Lipinski definition) is 5. The number of fused-ring (bicyclic) bond motifs is 1. The van der Waals surface area contributed by atoms with Crippen LogP contribution in [0.3, 0.4) is 0 Å². The molecule has 1 aliphatic heterocycles. The zero-order chi connectivity index (χ0) is 25.1. The number of nitrogens with zero attached hydrogens (tertiary/aromatic N) is 3. The van der Waals surface area contributed by atoms with Crippen molar-refractivity contribution in [1.82, 2.24) is 25.2 Å². The third-order valence-corrected chi connectivity index (χ3v) is 6.40. The maximum Gasteiger partial charge on any atom is 0.252 e. The third-order valence-electron chi connectivity index (χ3n) is 6.40. The summed E-state index contributed by atoms with van der Waals surface area (Å²) in [7, 11) is 0. The summed E-state index contributed by atoms with van der Waals surface area (Å²) in [5.41, 5.74) is 3.69. The van der Waals surface area contributed by atoms with Crippen LogP contribution in [0.15, 0.2) is 48.5 Å². The highest BCUT2D eigenvalue weighted by atomic mass is 16.5. The Morgan fingerprint density at radius 3 is 2.51 bits per heavy atom. The van der Waals surface area contributed by atoms with E-state index in [-0.39, 0.29) is 30.3 Å². The number of carbonyl (C=O) groups is 2. The molecule has 1 fully saturated rings. The van der Waals surface area contributed by atoms with Gasteiger partial charge in [0.25, 0.3) is 11.8 Å². The number of amides is 2. The van der Waals surface area contributed by atoms with Gasteiger partial charge >= 0.3 is 0 Å². The van der Waals surface area contributed by atoms with Crippen molar-refractivity contribution in [3.05, 3.63) is 65.5 Å². The molecule has 2 amide bonds. The monoisotopic (exact) mass is 477 g/mol. The Morgan fingerprint density at radius 1 is 1.11 bits per heavy atom. The third kappa shape index (κ3) is 5.55. The smallest absolute Gasteiger partial charge is 0.252 e. The maximum absolute atomic E-state index is 12.9. The molecule has 4 rings (SSSR count). The van der Waals surface area contributed by atoms with Crippen molar-refractivity contribution in [3.63, 3.8) is 0 Å². The van der Waals surface area contributed by atoms with Crippen molar-refractivity contribution in [2.24, 2.45) is 11.8 Å². The molecule has 2 atom stereocenters.